The van der Waals surface area contributed by atoms with E-state index in [0.717, 1.165) is 38.3 Å². The van der Waals surface area contributed by atoms with Crippen LogP contribution in [0.4, 0.5) is 0 Å². The van der Waals surface area contributed by atoms with E-state index in [2.05, 4.69) is 17.6 Å². The van der Waals surface area contributed by atoms with Gasteiger partial charge in [0.1, 0.15) is 6.10 Å². The lowest BCUT2D eigenvalue weighted by atomic mass is 10.1. The second-order valence-corrected chi connectivity index (χ2v) is 5.36. The maximum absolute atomic E-state index is 11.8. The van der Waals surface area contributed by atoms with Gasteiger partial charge < -0.3 is 15.4 Å². The molecule has 4 nitrogen and oxygen atoms in total. The SMILES string of the molecule is CCCC(C)NC(=O)C(C)OCCC1CCNC1. The number of hydrogen-bond donors (Lipinski definition) is 2. The van der Waals surface area contributed by atoms with Crippen LogP contribution < -0.4 is 10.6 Å². The molecule has 1 aliphatic rings. The van der Waals surface area contributed by atoms with E-state index >= 15 is 0 Å². The van der Waals surface area contributed by atoms with E-state index in [1.54, 1.807) is 0 Å². The molecule has 18 heavy (non-hydrogen) atoms. The van der Waals surface area contributed by atoms with Crippen LogP contribution in [0.3, 0.4) is 0 Å². The quantitative estimate of drug-likeness (QED) is 0.695. The van der Waals surface area contributed by atoms with Crippen molar-refractivity contribution < 1.29 is 9.53 Å². The molecule has 1 aliphatic heterocycles. The van der Waals surface area contributed by atoms with Gasteiger partial charge in [0.05, 0.1) is 0 Å². The van der Waals surface area contributed by atoms with Crippen molar-refractivity contribution in [3.63, 3.8) is 0 Å². The van der Waals surface area contributed by atoms with Crippen LogP contribution in [0.25, 0.3) is 0 Å². The summed E-state index contributed by atoms with van der Waals surface area (Å²) in [6, 6.07) is 0.243. The van der Waals surface area contributed by atoms with Crippen LogP contribution in [0, 0.1) is 5.92 Å². The highest BCUT2D eigenvalue weighted by atomic mass is 16.5. The third-order valence-corrected chi connectivity index (χ3v) is 3.54. The predicted molar refractivity (Wildman–Crippen MR) is 73.5 cm³/mol. The van der Waals surface area contributed by atoms with Gasteiger partial charge >= 0.3 is 0 Å². The summed E-state index contributed by atoms with van der Waals surface area (Å²) < 4.78 is 5.60. The van der Waals surface area contributed by atoms with Crippen molar-refractivity contribution in [1.29, 1.82) is 0 Å². The summed E-state index contributed by atoms with van der Waals surface area (Å²) in [7, 11) is 0. The lowest BCUT2D eigenvalue weighted by Crippen LogP contribution is -2.40. The fraction of sp³-hybridized carbons (Fsp3) is 0.929. The summed E-state index contributed by atoms with van der Waals surface area (Å²) in [5.41, 5.74) is 0. The van der Waals surface area contributed by atoms with E-state index in [4.69, 9.17) is 4.74 Å². The first-order chi connectivity index (χ1) is 8.63. The molecule has 0 spiro atoms. The number of carbonyl (C=O) groups is 1. The molecule has 2 N–H and O–H groups in total. The van der Waals surface area contributed by atoms with Crippen LogP contribution in [0.1, 0.15) is 46.5 Å². The van der Waals surface area contributed by atoms with Crippen LogP contribution in [0.15, 0.2) is 0 Å². The summed E-state index contributed by atoms with van der Waals surface area (Å²) in [5.74, 6) is 0.736. The lowest BCUT2D eigenvalue weighted by Gasteiger charge is -2.18. The molecule has 3 atom stereocenters. The second-order valence-electron chi connectivity index (χ2n) is 5.36. The molecule has 0 aromatic carbocycles. The topological polar surface area (TPSA) is 50.4 Å². The van der Waals surface area contributed by atoms with E-state index in [1.807, 2.05) is 13.8 Å². The minimum atomic E-state index is -0.335. The van der Waals surface area contributed by atoms with E-state index < -0.39 is 0 Å². The van der Waals surface area contributed by atoms with Gasteiger partial charge in [-0.1, -0.05) is 13.3 Å². The van der Waals surface area contributed by atoms with Crippen LogP contribution in [0.2, 0.25) is 0 Å². The lowest BCUT2D eigenvalue weighted by molar-refractivity contribution is -0.132. The zero-order chi connectivity index (χ0) is 13.4. The molecule has 1 saturated heterocycles. The predicted octanol–water partition coefficient (Wildman–Crippen LogP) is 1.70. The van der Waals surface area contributed by atoms with Gasteiger partial charge in [-0.15, -0.1) is 0 Å². The molecule has 4 heteroatoms. The highest BCUT2D eigenvalue weighted by Gasteiger charge is 2.17. The zero-order valence-electron chi connectivity index (χ0n) is 12.0. The standard InChI is InChI=1S/C14H28N2O2/c1-4-5-11(2)16-14(17)12(3)18-9-7-13-6-8-15-10-13/h11-13,15H,4-10H2,1-3H3,(H,16,17). The Morgan fingerprint density at radius 1 is 1.50 bits per heavy atom. The Morgan fingerprint density at radius 2 is 2.28 bits per heavy atom. The Labute approximate surface area is 111 Å². The molecule has 0 saturated carbocycles. The van der Waals surface area contributed by atoms with Gasteiger partial charge in [-0.3, -0.25) is 4.79 Å². The Bertz CT molecular complexity index is 240. The van der Waals surface area contributed by atoms with Gasteiger partial charge in [0.25, 0.3) is 0 Å². The maximum Gasteiger partial charge on any atom is 0.249 e. The highest BCUT2D eigenvalue weighted by Crippen LogP contribution is 2.12. The van der Waals surface area contributed by atoms with Crippen molar-refractivity contribution in [2.75, 3.05) is 19.7 Å². The van der Waals surface area contributed by atoms with E-state index in [-0.39, 0.29) is 18.1 Å². The van der Waals surface area contributed by atoms with Crippen LogP contribution in [-0.4, -0.2) is 37.7 Å². The molecule has 0 bridgehead atoms. The third-order valence-electron chi connectivity index (χ3n) is 3.54. The molecule has 1 rings (SSSR count). The molecule has 0 radical (unpaired) electrons. The highest BCUT2D eigenvalue weighted by molar-refractivity contribution is 5.80. The molecule has 106 valence electrons. The second kappa shape index (κ2) is 8.48. The Hall–Kier alpha value is -0.610. The van der Waals surface area contributed by atoms with E-state index in [0.29, 0.717) is 6.61 Å². The van der Waals surface area contributed by atoms with Crippen LogP contribution in [0.5, 0.6) is 0 Å². The van der Waals surface area contributed by atoms with Crippen molar-refractivity contribution in [3.8, 4) is 0 Å². The van der Waals surface area contributed by atoms with E-state index in [1.165, 1.54) is 6.42 Å². The van der Waals surface area contributed by atoms with Crippen molar-refractivity contribution in [3.05, 3.63) is 0 Å². The monoisotopic (exact) mass is 256 g/mol. The molecule has 1 heterocycles. The van der Waals surface area contributed by atoms with Gasteiger partial charge in [-0.05, 0) is 52.1 Å². The minimum absolute atomic E-state index is 0.0143. The van der Waals surface area contributed by atoms with Gasteiger partial charge in [0.15, 0.2) is 0 Å². The Morgan fingerprint density at radius 3 is 2.89 bits per heavy atom. The fourth-order valence-electron chi connectivity index (χ4n) is 2.31. The number of ether oxygens (including phenoxy) is 1. The number of amides is 1. The van der Waals surface area contributed by atoms with Crippen molar-refractivity contribution in [2.24, 2.45) is 5.92 Å². The summed E-state index contributed by atoms with van der Waals surface area (Å²) in [5, 5.41) is 6.32. The van der Waals surface area contributed by atoms with Gasteiger partial charge in [0, 0.05) is 12.6 Å². The average molecular weight is 256 g/mol. The van der Waals surface area contributed by atoms with Crippen molar-refractivity contribution >= 4 is 5.91 Å². The molecule has 3 unspecified atom stereocenters. The molecule has 1 fully saturated rings. The van der Waals surface area contributed by atoms with Gasteiger partial charge in [0.2, 0.25) is 5.91 Å². The summed E-state index contributed by atoms with van der Waals surface area (Å²) in [6.07, 6.45) is 4.06. The zero-order valence-corrected chi connectivity index (χ0v) is 12.0. The molecular formula is C14H28N2O2. The molecule has 0 aromatic heterocycles. The van der Waals surface area contributed by atoms with Crippen molar-refractivity contribution in [1.82, 2.24) is 10.6 Å². The third kappa shape index (κ3) is 5.83. The van der Waals surface area contributed by atoms with E-state index in [9.17, 15) is 4.79 Å². The Balaban J connectivity index is 2.10. The summed E-state index contributed by atoms with van der Waals surface area (Å²) in [4.78, 5) is 11.8. The molecular weight excluding hydrogens is 228 g/mol. The smallest absolute Gasteiger partial charge is 0.249 e. The first kappa shape index (κ1) is 15.4. The summed E-state index contributed by atoms with van der Waals surface area (Å²) in [6.45, 7) is 8.90. The maximum atomic E-state index is 11.8. The molecule has 1 amide bonds. The minimum Gasteiger partial charge on any atom is -0.369 e. The molecule has 0 aliphatic carbocycles. The molecule has 0 aromatic rings. The fourth-order valence-corrected chi connectivity index (χ4v) is 2.31. The summed E-state index contributed by atoms with van der Waals surface area (Å²) >= 11 is 0. The van der Waals surface area contributed by atoms with Crippen molar-refractivity contribution in [2.45, 2.75) is 58.6 Å². The number of rotatable bonds is 8. The van der Waals surface area contributed by atoms with Crippen LogP contribution >= 0.6 is 0 Å². The Kier molecular flexibility index (Phi) is 7.28. The first-order valence-corrected chi connectivity index (χ1v) is 7.26. The van der Waals surface area contributed by atoms with Crippen LogP contribution in [-0.2, 0) is 9.53 Å². The normalized spacial score (nSPS) is 22.7. The number of hydrogen-bond acceptors (Lipinski definition) is 3. The first-order valence-electron chi connectivity index (χ1n) is 7.26. The van der Waals surface area contributed by atoms with Gasteiger partial charge in [-0.2, -0.15) is 0 Å². The number of nitrogens with one attached hydrogen (secondary N) is 2. The average Bonchev–Trinajstić information content (AvgIpc) is 2.82. The van der Waals surface area contributed by atoms with Gasteiger partial charge in [-0.25, -0.2) is 0 Å². The largest absolute Gasteiger partial charge is 0.369 e. The number of carbonyl (C=O) groups excluding carboxylic acids is 1.